The van der Waals surface area contributed by atoms with Crippen molar-refractivity contribution < 1.29 is 31.1 Å². The Morgan fingerprint density at radius 3 is 1.23 bits per heavy atom. The fraction of sp³-hybridized carbons (Fsp3) is 0.333. The van der Waals surface area contributed by atoms with Gasteiger partial charge in [0.05, 0.1) is 0 Å². The maximum absolute atomic E-state index is 12.0. The van der Waals surface area contributed by atoms with Crippen LogP contribution >= 0.6 is 0 Å². The van der Waals surface area contributed by atoms with E-state index in [-0.39, 0.29) is 0 Å². The molecule has 0 spiro atoms. The van der Waals surface area contributed by atoms with Gasteiger partial charge in [0.1, 0.15) is 0 Å². The fourth-order valence-electron chi connectivity index (χ4n) is 0.272. The molecular formula is C6H4F6O. The van der Waals surface area contributed by atoms with Crippen molar-refractivity contribution in [3.63, 3.8) is 0 Å². The first kappa shape index (κ1) is 12.0. The predicted molar refractivity (Wildman–Crippen MR) is 31.5 cm³/mol. The average molecular weight is 206 g/mol. The molecule has 13 heavy (non-hydrogen) atoms. The molecule has 0 unspecified atom stereocenters. The molecule has 0 aliphatic carbocycles. The van der Waals surface area contributed by atoms with Crippen LogP contribution in [-0.4, -0.2) is 12.2 Å². The Labute approximate surface area is 69.3 Å². The van der Waals surface area contributed by atoms with Crippen molar-refractivity contribution in [2.75, 3.05) is 0 Å². The van der Waals surface area contributed by atoms with E-state index in [9.17, 15) is 26.3 Å². The van der Waals surface area contributed by atoms with Crippen molar-refractivity contribution in [1.82, 2.24) is 0 Å². The second-order valence-electron chi connectivity index (χ2n) is 1.95. The summed E-state index contributed by atoms with van der Waals surface area (Å²) in [6.07, 6.45) is -9.89. The highest BCUT2D eigenvalue weighted by molar-refractivity contribution is 4.96. The number of hydrogen-bond acceptors (Lipinski definition) is 1. The van der Waals surface area contributed by atoms with Gasteiger partial charge in [-0.15, -0.1) is 0 Å². The molecule has 0 bridgehead atoms. The third-order valence-electron chi connectivity index (χ3n) is 0.888. The largest absolute Gasteiger partial charge is 0.413 e. The molecule has 0 atom stereocenters. The highest BCUT2D eigenvalue weighted by Crippen LogP contribution is 2.36. The number of ether oxygens (including phenoxy) is 1. The van der Waals surface area contributed by atoms with Crippen LogP contribution in [0, 0.1) is 0 Å². The van der Waals surface area contributed by atoms with E-state index in [0.717, 1.165) is 0 Å². The first-order valence-electron chi connectivity index (χ1n) is 2.75. The molecule has 0 aliphatic rings. The molecule has 76 valence electrons. The van der Waals surface area contributed by atoms with Crippen molar-refractivity contribution in [3.8, 4) is 0 Å². The van der Waals surface area contributed by atoms with Gasteiger partial charge < -0.3 is 0 Å². The first-order valence-corrected chi connectivity index (χ1v) is 2.75. The molecule has 1 nitrogen and oxygen atoms in total. The molecular weight excluding hydrogens is 202 g/mol. The molecule has 0 saturated heterocycles. The molecule has 0 saturated carbocycles. The molecule has 0 aromatic rings. The molecule has 0 N–H and O–H groups in total. The van der Waals surface area contributed by atoms with Crippen molar-refractivity contribution in [3.05, 3.63) is 24.8 Å². The van der Waals surface area contributed by atoms with Gasteiger partial charge in [0.25, 0.3) is 0 Å². The fourth-order valence-corrected chi connectivity index (χ4v) is 0.272. The minimum Gasteiger partial charge on any atom is -0.244 e. The molecule has 0 radical (unpaired) electrons. The van der Waals surface area contributed by atoms with Crippen molar-refractivity contribution in [1.29, 1.82) is 0 Å². The van der Waals surface area contributed by atoms with Crippen LogP contribution in [0.25, 0.3) is 0 Å². The molecule has 0 rings (SSSR count). The van der Waals surface area contributed by atoms with E-state index >= 15 is 0 Å². The summed E-state index contributed by atoms with van der Waals surface area (Å²) in [7, 11) is 0. The lowest BCUT2D eigenvalue weighted by atomic mass is 10.5. The molecule has 0 heterocycles. The van der Waals surface area contributed by atoms with Crippen molar-refractivity contribution in [2.24, 2.45) is 0 Å². The minimum atomic E-state index is -4.95. The average Bonchev–Trinajstić information content (AvgIpc) is 1.83. The lowest BCUT2D eigenvalue weighted by Crippen LogP contribution is -2.33. The van der Waals surface area contributed by atoms with Crippen LogP contribution in [0.1, 0.15) is 0 Å². The number of rotatable bonds is 4. The van der Waals surface area contributed by atoms with Gasteiger partial charge in [0.2, 0.25) is 0 Å². The van der Waals surface area contributed by atoms with Gasteiger partial charge in [-0.3, -0.25) is 0 Å². The van der Waals surface area contributed by atoms with Gasteiger partial charge in [-0.05, 0) is 0 Å². The van der Waals surface area contributed by atoms with Crippen LogP contribution in [0.4, 0.5) is 26.3 Å². The predicted octanol–water partition coefficient (Wildman–Crippen LogP) is 3.16. The first-order chi connectivity index (χ1) is 5.59. The minimum absolute atomic E-state index is 2.04. The van der Waals surface area contributed by atoms with Crippen molar-refractivity contribution >= 4 is 0 Å². The Balaban J connectivity index is 4.61. The zero-order chi connectivity index (χ0) is 10.9. The second-order valence-corrected chi connectivity index (χ2v) is 1.95. The zero-order valence-electron chi connectivity index (χ0n) is 6.09. The van der Waals surface area contributed by atoms with Gasteiger partial charge in [0, 0.05) is 0 Å². The lowest BCUT2D eigenvalue weighted by Gasteiger charge is -2.20. The molecule has 0 aromatic carbocycles. The van der Waals surface area contributed by atoms with E-state index < -0.39 is 23.9 Å². The summed E-state index contributed by atoms with van der Waals surface area (Å²) in [6, 6.07) is 0. The Kier molecular flexibility index (Phi) is 3.15. The summed E-state index contributed by atoms with van der Waals surface area (Å²) in [5, 5.41) is 0. The van der Waals surface area contributed by atoms with E-state index in [0.29, 0.717) is 0 Å². The Morgan fingerprint density at radius 1 is 0.846 bits per heavy atom. The van der Waals surface area contributed by atoms with Gasteiger partial charge in [-0.2, -0.15) is 17.6 Å². The van der Waals surface area contributed by atoms with Gasteiger partial charge in [-0.1, -0.05) is 13.2 Å². The molecule has 0 fully saturated rings. The Morgan fingerprint density at radius 2 is 1.08 bits per heavy atom. The molecule has 0 amide bonds. The zero-order valence-corrected chi connectivity index (χ0v) is 6.09. The summed E-state index contributed by atoms with van der Waals surface area (Å²) in [4.78, 5) is 0. The third-order valence-corrected chi connectivity index (χ3v) is 0.888. The van der Waals surface area contributed by atoms with E-state index in [2.05, 4.69) is 4.74 Å². The highest BCUT2D eigenvalue weighted by Gasteiger charge is 2.49. The number of alkyl halides is 4. The molecule has 7 heteroatoms. The van der Waals surface area contributed by atoms with Crippen molar-refractivity contribution in [2.45, 2.75) is 12.2 Å². The van der Waals surface area contributed by atoms with Gasteiger partial charge in [-0.25, -0.2) is 13.5 Å². The monoisotopic (exact) mass is 206 g/mol. The van der Waals surface area contributed by atoms with Gasteiger partial charge >= 0.3 is 12.2 Å². The Hall–Kier alpha value is -0.980. The SMILES string of the molecule is C=C(F)C(F)(F)OC(F)(F)C(=C)F. The number of hydrogen-bond donors (Lipinski definition) is 0. The smallest absolute Gasteiger partial charge is 0.244 e. The quantitative estimate of drug-likeness (QED) is 0.642. The molecule has 0 aromatic heterocycles. The number of halogens is 6. The summed E-state index contributed by atoms with van der Waals surface area (Å²) < 4.78 is 74.0. The lowest BCUT2D eigenvalue weighted by molar-refractivity contribution is -0.352. The molecule has 0 aliphatic heterocycles. The maximum atomic E-state index is 12.0. The van der Waals surface area contributed by atoms with E-state index in [4.69, 9.17) is 0 Å². The highest BCUT2D eigenvalue weighted by atomic mass is 19.3. The second kappa shape index (κ2) is 3.41. The maximum Gasteiger partial charge on any atom is 0.413 e. The van der Waals surface area contributed by atoms with Crippen LogP contribution < -0.4 is 0 Å². The van der Waals surface area contributed by atoms with Gasteiger partial charge in [0.15, 0.2) is 11.7 Å². The van der Waals surface area contributed by atoms with E-state index in [1.165, 1.54) is 0 Å². The third kappa shape index (κ3) is 3.10. The van der Waals surface area contributed by atoms with Crippen LogP contribution in [0.5, 0.6) is 0 Å². The Bertz CT molecular complexity index is 209. The van der Waals surface area contributed by atoms with Crippen LogP contribution in [0.2, 0.25) is 0 Å². The summed E-state index contributed by atoms with van der Waals surface area (Å²) >= 11 is 0. The normalized spacial score (nSPS) is 12.8. The summed E-state index contributed by atoms with van der Waals surface area (Å²) in [6.45, 7) is 4.09. The topological polar surface area (TPSA) is 9.23 Å². The van der Waals surface area contributed by atoms with Crippen LogP contribution in [0.15, 0.2) is 24.8 Å². The van der Waals surface area contributed by atoms with E-state index in [1.54, 1.807) is 0 Å². The van der Waals surface area contributed by atoms with E-state index in [1.807, 2.05) is 13.2 Å². The van der Waals surface area contributed by atoms with Crippen LogP contribution in [-0.2, 0) is 4.74 Å². The summed E-state index contributed by atoms with van der Waals surface area (Å²) in [5.74, 6) is -4.90. The standard InChI is InChI=1S/C6H4F6O/c1-3(7)5(9,10)13-6(11,12)4(2)8/h1-2H2. The summed E-state index contributed by atoms with van der Waals surface area (Å²) in [5.41, 5.74) is 0. The van der Waals surface area contributed by atoms with Crippen LogP contribution in [0.3, 0.4) is 0 Å².